The lowest BCUT2D eigenvalue weighted by Crippen LogP contribution is -2.06. The fraction of sp³-hybridized carbons (Fsp3) is 0.304. The van der Waals surface area contributed by atoms with Crippen molar-refractivity contribution in [3.63, 3.8) is 0 Å². The molecule has 6 heteroatoms. The minimum atomic E-state index is 0.809. The van der Waals surface area contributed by atoms with Gasteiger partial charge in [0.25, 0.3) is 0 Å². The van der Waals surface area contributed by atoms with Gasteiger partial charge < -0.3 is 20.8 Å². The molecule has 6 nitrogen and oxygen atoms in total. The molecule has 0 aliphatic heterocycles. The zero-order valence-electron chi connectivity index (χ0n) is 17.6. The van der Waals surface area contributed by atoms with Crippen molar-refractivity contribution >= 4 is 23.5 Å². The summed E-state index contributed by atoms with van der Waals surface area (Å²) in [6.45, 7) is 3.39. The average molecular weight is 396 g/mol. The van der Waals surface area contributed by atoms with Gasteiger partial charge >= 0.3 is 0 Å². The standard InChI is InChI=1S/C11H12N4O.C6H15N.C6H6/c1-16-9-2-3-11-10(4-9)8(5-13-11)6-14-15-7-12;1-3-4-5-6-7-2;1-2-4-6-5-3-1/h2-7,13H,1H3,(H2,12,15);7H,3-6H2,1-2H3;1-6H/b14-6+;;. The number of aromatic nitrogens is 1. The normalized spacial score (nSPS) is 10.4. The molecule has 4 N–H and O–H groups in total. The van der Waals surface area contributed by atoms with Crippen molar-refractivity contribution in [2.75, 3.05) is 20.7 Å². The molecular weight excluding hydrogens is 362 g/mol. The zero-order chi connectivity index (χ0) is 21.2. The Hall–Kier alpha value is -3.12. The van der Waals surface area contributed by atoms with Gasteiger partial charge in [-0.05, 0) is 38.2 Å². The summed E-state index contributed by atoms with van der Waals surface area (Å²) in [6, 6.07) is 17.8. The van der Waals surface area contributed by atoms with E-state index in [2.05, 4.69) is 27.4 Å². The topological polar surface area (TPSA) is 87.8 Å². The average Bonchev–Trinajstić information content (AvgIpc) is 3.18. The second-order valence-corrected chi connectivity index (χ2v) is 6.13. The highest BCUT2D eigenvalue weighted by atomic mass is 16.5. The third kappa shape index (κ3) is 10.1. The maximum atomic E-state index is 5.16. The van der Waals surface area contributed by atoms with Gasteiger partial charge in [-0.15, -0.1) is 5.10 Å². The van der Waals surface area contributed by atoms with Crippen LogP contribution in [0.3, 0.4) is 0 Å². The Balaban J connectivity index is 0.000000267. The van der Waals surface area contributed by atoms with Crippen LogP contribution in [0.4, 0.5) is 0 Å². The number of methoxy groups -OCH3 is 1. The summed E-state index contributed by atoms with van der Waals surface area (Å²) in [4.78, 5) is 3.14. The molecule has 0 atom stereocenters. The predicted molar refractivity (Wildman–Crippen MR) is 125 cm³/mol. The van der Waals surface area contributed by atoms with Gasteiger partial charge in [0.2, 0.25) is 0 Å². The lowest BCUT2D eigenvalue weighted by Gasteiger charge is -1.98. The third-order valence-corrected chi connectivity index (χ3v) is 3.95. The molecule has 0 saturated heterocycles. The number of nitrogens with zero attached hydrogens (tertiary/aromatic N) is 2. The molecule has 3 rings (SSSR count). The first-order valence-corrected chi connectivity index (χ1v) is 9.83. The van der Waals surface area contributed by atoms with Crippen LogP contribution in [-0.4, -0.2) is 38.2 Å². The van der Waals surface area contributed by atoms with Crippen molar-refractivity contribution in [2.45, 2.75) is 26.2 Å². The number of hydrogen-bond acceptors (Lipinski definition) is 4. The molecular formula is C23H33N5O. The second-order valence-electron chi connectivity index (χ2n) is 6.13. The molecule has 0 fully saturated rings. The van der Waals surface area contributed by atoms with Crippen LogP contribution in [-0.2, 0) is 0 Å². The van der Waals surface area contributed by atoms with Gasteiger partial charge in [0.1, 0.15) is 12.1 Å². The molecule has 0 unspecified atom stereocenters. The van der Waals surface area contributed by atoms with Crippen LogP contribution in [0.15, 0.2) is 71.0 Å². The molecule has 2 aromatic carbocycles. The van der Waals surface area contributed by atoms with E-state index in [0.717, 1.165) is 28.6 Å². The summed E-state index contributed by atoms with van der Waals surface area (Å²) in [6.07, 6.45) is 8.66. The van der Waals surface area contributed by atoms with Gasteiger partial charge in [-0.3, -0.25) is 0 Å². The number of nitrogens with one attached hydrogen (secondary N) is 2. The Labute approximate surface area is 173 Å². The van der Waals surface area contributed by atoms with E-state index in [9.17, 15) is 0 Å². The Morgan fingerprint density at radius 3 is 2.31 bits per heavy atom. The Kier molecular flexibility index (Phi) is 13.1. The van der Waals surface area contributed by atoms with Crippen LogP contribution >= 0.6 is 0 Å². The number of nitrogens with two attached hydrogens (primary N) is 1. The summed E-state index contributed by atoms with van der Waals surface area (Å²) in [7, 11) is 3.63. The number of rotatable bonds is 7. The van der Waals surface area contributed by atoms with E-state index in [1.807, 2.05) is 67.8 Å². The highest BCUT2D eigenvalue weighted by Gasteiger charge is 2.02. The van der Waals surface area contributed by atoms with Gasteiger partial charge in [-0.1, -0.05) is 56.2 Å². The Morgan fingerprint density at radius 2 is 1.76 bits per heavy atom. The first-order chi connectivity index (χ1) is 14.3. The van der Waals surface area contributed by atoms with E-state index < -0.39 is 0 Å². The molecule has 0 amide bonds. The monoisotopic (exact) mass is 395 g/mol. The van der Waals surface area contributed by atoms with Crippen molar-refractivity contribution in [1.82, 2.24) is 10.3 Å². The molecule has 156 valence electrons. The highest BCUT2D eigenvalue weighted by Crippen LogP contribution is 2.22. The summed E-state index contributed by atoms with van der Waals surface area (Å²) in [5.41, 5.74) is 7.06. The summed E-state index contributed by atoms with van der Waals surface area (Å²) < 4.78 is 5.16. The fourth-order valence-electron chi connectivity index (χ4n) is 2.43. The van der Waals surface area contributed by atoms with Crippen molar-refractivity contribution < 1.29 is 4.74 Å². The molecule has 1 aromatic heterocycles. The lowest BCUT2D eigenvalue weighted by molar-refractivity contribution is 0.415. The maximum Gasteiger partial charge on any atom is 0.119 e. The first kappa shape index (κ1) is 23.9. The van der Waals surface area contributed by atoms with Gasteiger partial charge in [0.15, 0.2) is 0 Å². The number of ether oxygens (including phenoxy) is 1. The van der Waals surface area contributed by atoms with E-state index in [-0.39, 0.29) is 0 Å². The van der Waals surface area contributed by atoms with Gasteiger partial charge in [-0.25, -0.2) is 0 Å². The van der Waals surface area contributed by atoms with Crippen molar-refractivity contribution in [1.29, 1.82) is 0 Å². The van der Waals surface area contributed by atoms with Gasteiger partial charge in [0.05, 0.1) is 13.3 Å². The van der Waals surface area contributed by atoms with Gasteiger partial charge in [0, 0.05) is 22.7 Å². The summed E-state index contributed by atoms with van der Waals surface area (Å²) in [5, 5.41) is 11.5. The molecule has 3 aromatic rings. The molecule has 1 heterocycles. The van der Waals surface area contributed by atoms with Crippen LogP contribution < -0.4 is 15.8 Å². The van der Waals surface area contributed by atoms with Crippen LogP contribution in [0, 0.1) is 0 Å². The van der Waals surface area contributed by atoms with Crippen molar-refractivity contribution in [3.8, 4) is 5.75 Å². The van der Waals surface area contributed by atoms with Crippen molar-refractivity contribution in [2.24, 2.45) is 15.9 Å². The maximum absolute atomic E-state index is 5.16. The summed E-state index contributed by atoms with van der Waals surface area (Å²) >= 11 is 0. The van der Waals surface area contributed by atoms with E-state index in [0.29, 0.717) is 0 Å². The fourth-order valence-corrected chi connectivity index (χ4v) is 2.43. The SMILES string of the molecule is CCCCCNC.COc1ccc2[nH]cc(/C=N/N=C\N)c2c1.c1ccccc1. The summed E-state index contributed by atoms with van der Waals surface area (Å²) in [5.74, 6) is 0.809. The third-order valence-electron chi connectivity index (χ3n) is 3.95. The number of benzene rings is 2. The molecule has 0 spiro atoms. The van der Waals surface area contributed by atoms with Gasteiger partial charge in [-0.2, -0.15) is 5.10 Å². The van der Waals surface area contributed by atoms with E-state index in [1.54, 1.807) is 13.3 Å². The molecule has 0 bridgehead atoms. The molecule has 29 heavy (non-hydrogen) atoms. The van der Waals surface area contributed by atoms with Crippen LogP contribution in [0.5, 0.6) is 5.75 Å². The number of unbranched alkanes of at least 4 members (excludes halogenated alkanes) is 2. The Morgan fingerprint density at radius 1 is 1.07 bits per heavy atom. The molecule has 0 radical (unpaired) electrons. The number of aromatic amines is 1. The number of fused-ring (bicyclic) bond motifs is 1. The molecule has 0 aliphatic carbocycles. The van der Waals surface area contributed by atoms with Crippen LogP contribution in [0.1, 0.15) is 31.7 Å². The smallest absolute Gasteiger partial charge is 0.119 e. The van der Waals surface area contributed by atoms with Crippen LogP contribution in [0.25, 0.3) is 10.9 Å². The van der Waals surface area contributed by atoms with E-state index in [4.69, 9.17) is 10.5 Å². The number of hydrogen-bond donors (Lipinski definition) is 3. The van der Waals surface area contributed by atoms with E-state index in [1.165, 1.54) is 25.8 Å². The van der Waals surface area contributed by atoms with Crippen LogP contribution in [0.2, 0.25) is 0 Å². The first-order valence-electron chi connectivity index (χ1n) is 9.83. The molecule has 0 aliphatic rings. The minimum Gasteiger partial charge on any atom is -0.497 e. The zero-order valence-corrected chi connectivity index (χ0v) is 17.6. The predicted octanol–water partition coefficient (Wildman–Crippen LogP) is 4.58. The van der Waals surface area contributed by atoms with E-state index >= 15 is 0 Å². The number of H-pyrrole nitrogens is 1. The Bertz CT molecular complexity index is 797. The minimum absolute atomic E-state index is 0.809. The van der Waals surface area contributed by atoms with Crippen molar-refractivity contribution in [3.05, 3.63) is 66.4 Å². The lowest BCUT2D eigenvalue weighted by atomic mass is 10.2. The quantitative estimate of drug-likeness (QED) is 0.237. The second kappa shape index (κ2) is 15.9. The highest BCUT2D eigenvalue weighted by molar-refractivity contribution is 5.99. The largest absolute Gasteiger partial charge is 0.497 e. The molecule has 0 saturated carbocycles.